The van der Waals surface area contributed by atoms with Crippen LogP contribution in [0.4, 0.5) is 0 Å². The molecule has 0 saturated carbocycles. The van der Waals surface area contributed by atoms with Crippen LogP contribution in [0.25, 0.3) is 0 Å². The van der Waals surface area contributed by atoms with E-state index in [0.29, 0.717) is 0 Å². The predicted octanol–water partition coefficient (Wildman–Crippen LogP) is -2.08. The summed E-state index contributed by atoms with van der Waals surface area (Å²) in [4.78, 5) is 34.3. The molecule has 0 fully saturated rings. The van der Waals surface area contributed by atoms with Gasteiger partial charge in [0.15, 0.2) is 9.84 Å². The van der Waals surface area contributed by atoms with E-state index in [4.69, 9.17) is 5.73 Å². The van der Waals surface area contributed by atoms with Crippen LogP contribution < -0.4 is 5.73 Å². The SMILES string of the molecule is COC(=O)CN(CCS(=O)(=O)CCC(N)=O)CC(=O)OC. The third-order valence-corrected chi connectivity index (χ3v) is 4.17. The van der Waals surface area contributed by atoms with Crippen molar-refractivity contribution < 1.29 is 32.3 Å². The van der Waals surface area contributed by atoms with Crippen LogP contribution in [0.3, 0.4) is 0 Å². The molecule has 10 heteroatoms. The molecule has 9 nitrogen and oxygen atoms in total. The molecule has 0 aliphatic carbocycles. The fourth-order valence-corrected chi connectivity index (χ4v) is 2.59. The van der Waals surface area contributed by atoms with Gasteiger partial charge >= 0.3 is 11.9 Å². The van der Waals surface area contributed by atoms with Crippen LogP contribution in [-0.2, 0) is 33.7 Å². The van der Waals surface area contributed by atoms with E-state index < -0.39 is 27.7 Å². The van der Waals surface area contributed by atoms with Crippen LogP contribution in [-0.4, -0.2) is 76.5 Å². The van der Waals surface area contributed by atoms with E-state index in [1.807, 2.05) is 0 Å². The molecule has 0 spiro atoms. The fourth-order valence-electron chi connectivity index (χ4n) is 1.33. The minimum atomic E-state index is -3.50. The van der Waals surface area contributed by atoms with Crippen LogP contribution >= 0.6 is 0 Å². The molecule has 0 bridgehead atoms. The van der Waals surface area contributed by atoms with Gasteiger partial charge in [-0.25, -0.2) is 8.42 Å². The van der Waals surface area contributed by atoms with Crippen LogP contribution in [0.5, 0.6) is 0 Å². The van der Waals surface area contributed by atoms with Gasteiger partial charge in [-0.3, -0.25) is 19.3 Å². The van der Waals surface area contributed by atoms with E-state index >= 15 is 0 Å². The minimum absolute atomic E-state index is 0.0642. The smallest absolute Gasteiger partial charge is 0.319 e. The Balaban J connectivity index is 4.55. The number of carbonyl (C=O) groups is 3. The molecule has 0 aromatic heterocycles. The molecule has 0 aromatic carbocycles. The summed E-state index contributed by atoms with van der Waals surface area (Å²) in [6.45, 7) is -0.542. The molecule has 21 heavy (non-hydrogen) atoms. The van der Waals surface area contributed by atoms with Crippen molar-refractivity contribution >= 4 is 27.7 Å². The van der Waals surface area contributed by atoms with Crippen LogP contribution in [0.1, 0.15) is 6.42 Å². The largest absolute Gasteiger partial charge is 0.468 e. The number of nitrogens with two attached hydrogens (primary N) is 1. The van der Waals surface area contributed by atoms with Crippen molar-refractivity contribution in [3.05, 3.63) is 0 Å². The highest BCUT2D eigenvalue weighted by molar-refractivity contribution is 7.91. The molecule has 2 N–H and O–H groups in total. The number of sulfone groups is 1. The lowest BCUT2D eigenvalue weighted by Crippen LogP contribution is -2.39. The van der Waals surface area contributed by atoms with Gasteiger partial charge in [0, 0.05) is 13.0 Å². The maximum absolute atomic E-state index is 11.7. The van der Waals surface area contributed by atoms with Crippen molar-refractivity contribution in [1.82, 2.24) is 4.90 Å². The molecular weight excluding hydrogens is 304 g/mol. The Bertz CT molecular complexity index is 457. The highest BCUT2D eigenvalue weighted by Gasteiger charge is 2.19. The van der Waals surface area contributed by atoms with Gasteiger partial charge in [0.25, 0.3) is 0 Å². The quantitative estimate of drug-likeness (QED) is 0.453. The Morgan fingerprint density at radius 3 is 1.86 bits per heavy atom. The molecule has 0 aliphatic heterocycles. The van der Waals surface area contributed by atoms with Crippen molar-refractivity contribution in [2.24, 2.45) is 5.73 Å². The van der Waals surface area contributed by atoms with E-state index in [9.17, 15) is 22.8 Å². The van der Waals surface area contributed by atoms with Crippen LogP contribution in [0.2, 0.25) is 0 Å². The van der Waals surface area contributed by atoms with E-state index in [2.05, 4.69) is 9.47 Å². The predicted molar refractivity (Wildman–Crippen MR) is 72.9 cm³/mol. The van der Waals surface area contributed by atoms with Crippen molar-refractivity contribution in [3.8, 4) is 0 Å². The zero-order chi connectivity index (χ0) is 16.5. The minimum Gasteiger partial charge on any atom is -0.468 e. The Labute approximate surface area is 123 Å². The molecule has 122 valence electrons. The standard InChI is InChI=1S/C11H20N2O7S/c1-19-10(15)7-13(8-11(16)20-2)4-6-21(17,18)5-3-9(12)14/h3-8H2,1-2H3,(H2,12,14). The van der Waals surface area contributed by atoms with Gasteiger partial charge in [-0.15, -0.1) is 0 Å². The van der Waals surface area contributed by atoms with Gasteiger partial charge in [-0.1, -0.05) is 0 Å². The fraction of sp³-hybridized carbons (Fsp3) is 0.727. The number of ether oxygens (including phenoxy) is 2. The molecule has 0 radical (unpaired) electrons. The number of methoxy groups -OCH3 is 2. The summed E-state index contributed by atoms with van der Waals surface area (Å²) in [6, 6.07) is 0. The van der Waals surface area contributed by atoms with Gasteiger partial charge < -0.3 is 15.2 Å². The van der Waals surface area contributed by atoms with Gasteiger partial charge in [-0.2, -0.15) is 0 Å². The number of primary amides is 1. The summed E-state index contributed by atoms with van der Waals surface area (Å²) in [7, 11) is -1.14. The molecule has 0 unspecified atom stereocenters. The van der Waals surface area contributed by atoms with E-state index in [1.54, 1.807) is 0 Å². The third kappa shape index (κ3) is 9.79. The van der Waals surface area contributed by atoms with E-state index in [-0.39, 0.29) is 37.6 Å². The maximum atomic E-state index is 11.7. The molecule has 0 saturated heterocycles. The van der Waals surface area contributed by atoms with Gasteiger partial charge in [0.1, 0.15) is 0 Å². The lowest BCUT2D eigenvalue weighted by Gasteiger charge is -2.19. The Hall–Kier alpha value is -1.68. The number of rotatable bonds is 10. The summed E-state index contributed by atoms with van der Waals surface area (Å²) < 4.78 is 32.3. The first-order valence-corrected chi connectivity index (χ1v) is 7.87. The number of hydrogen-bond donors (Lipinski definition) is 1. The summed E-state index contributed by atoms with van der Waals surface area (Å²) >= 11 is 0. The molecule has 0 atom stereocenters. The second kappa shape index (κ2) is 9.29. The van der Waals surface area contributed by atoms with Crippen LogP contribution in [0.15, 0.2) is 0 Å². The lowest BCUT2D eigenvalue weighted by molar-refractivity contribution is -0.145. The van der Waals surface area contributed by atoms with Crippen molar-refractivity contribution in [2.45, 2.75) is 6.42 Å². The van der Waals surface area contributed by atoms with Crippen molar-refractivity contribution in [3.63, 3.8) is 0 Å². The lowest BCUT2D eigenvalue weighted by atomic mass is 10.4. The Morgan fingerprint density at radius 2 is 1.48 bits per heavy atom. The molecule has 1 amide bonds. The summed E-state index contributed by atoms with van der Waals surface area (Å²) in [6.07, 6.45) is -0.268. The Morgan fingerprint density at radius 1 is 1.00 bits per heavy atom. The first kappa shape index (κ1) is 19.3. The van der Waals surface area contributed by atoms with Gasteiger partial charge in [0.05, 0.1) is 38.8 Å². The van der Waals surface area contributed by atoms with Gasteiger partial charge in [-0.05, 0) is 0 Å². The average molecular weight is 324 g/mol. The van der Waals surface area contributed by atoms with Crippen molar-refractivity contribution in [1.29, 1.82) is 0 Å². The highest BCUT2D eigenvalue weighted by Crippen LogP contribution is 1.98. The second-order valence-corrected chi connectivity index (χ2v) is 6.53. The highest BCUT2D eigenvalue weighted by atomic mass is 32.2. The maximum Gasteiger partial charge on any atom is 0.319 e. The first-order valence-electron chi connectivity index (χ1n) is 6.05. The summed E-state index contributed by atoms with van der Waals surface area (Å²) in [5, 5.41) is 0. The molecular formula is C11H20N2O7S. The zero-order valence-corrected chi connectivity index (χ0v) is 12.8. The van der Waals surface area contributed by atoms with Gasteiger partial charge in [0.2, 0.25) is 5.91 Å². The number of nitrogens with zero attached hydrogens (tertiary/aromatic N) is 1. The van der Waals surface area contributed by atoms with E-state index in [0.717, 1.165) is 0 Å². The molecule has 0 aliphatic rings. The van der Waals surface area contributed by atoms with E-state index in [1.165, 1.54) is 19.1 Å². The summed E-state index contributed by atoms with van der Waals surface area (Å²) in [5.41, 5.74) is 4.89. The monoisotopic (exact) mass is 324 g/mol. The Kier molecular flexibility index (Phi) is 8.55. The van der Waals surface area contributed by atoms with Crippen molar-refractivity contribution in [2.75, 3.05) is 45.4 Å². The topological polar surface area (TPSA) is 133 Å². The number of hydrogen-bond acceptors (Lipinski definition) is 8. The number of esters is 2. The summed E-state index contributed by atoms with van der Waals surface area (Å²) in [5.74, 6) is -2.60. The second-order valence-electron chi connectivity index (χ2n) is 4.23. The molecule has 0 aromatic rings. The molecule has 0 rings (SSSR count). The third-order valence-electron chi connectivity index (χ3n) is 2.54. The van der Waals surface area contributed by atoms with Crippen LogP contribution in [0, 0.1) is 0 Å². The zero-order valence-electron chi connectivity index (χ0n) is 12.0. The average Bonchev–Trinajstić information content (AvgIpc) is 2.42. The number of carbonyl (C=O) groups excluding carboxylic acids is 3. The molecule has 0 heterocycles. The normalized spacial score (nSPS) is 11.2. The number of amides is 1. The first-order chi connectivity index (χ1) is 9.70.